The van der Waals surface area contributed by atoms with Crippen molar-refractivity contribution in [3.63, 3.8) is 0 Å². The molecular weight excluding hydrogens is 234 g/mol. The Labute approximate surface area is 106 Å². The van der Waals surface area contributed by atoms with Crippen LogP contribution in [0.15, 0.2) is 18.2 Å². The Morgan fingerprint density at radius 2 is 2.29 bits per heavy atom. The Kier molecular flexibility index (Phi) is 2.77. The lowest BCUT2D eigenvalue weighted by Crippen LogP contribution is -2.13. The summed E-state index contributed by atoms with van der Waals surface area (Å²) in [6.07, 6.45) is 1.85. The average molecular weight is 248 g/mol. The number of benzene rings is 1. The molecule has 1 aliphatic heterocycles. The zero-order valence-electron chi connectivity index (χ0n) is 9.79. The minimum absolute atomic E-state index is 0.591. The number of rotatable bonds is 1. The molecule has 0 aliphatic carbocycles. The summed E-state index contributed by atoms with van der Waals surface area (Å²) in [6, 6.07) is 6.21. The highest BCUT2D eigenvalue weighted by Crippen LogP contribution is 2.32. The first-order valence-corrected chi connectivity index (χ1v) is 6.35. The molecule has 2 heterocycles. The van der Waals surface area contributed by atoms with Crippen LogP contribution in [-0.2, 0) is 24.2 Å². The van der Waals surface area contributed by atoms with Crippen molar-refractivity contribution >= 4 is 22.5 Å². The van der Waals surface area contributed by atoms with Crippen LogP contribution in [0.25, 0.3) is 10.9 Å². The molecule has 0 bridgehead atoms. The van der Waals surface area contributed by atoms with E-state index >= 15 is 0 Å². The molecule has 0 fully saturated rings. The Morgan fingerprint density at radius 1 is 1.41 bits per heavy atom. The predicted molar refractivity (Wildman–Crippen MR) is 69.5 cm³/mol. The van der Waals surface area contributed by atoms with Crippen LogP contribution in [0.2, 0.25) is 5.02 Å². The van der Waals surface area contributed by atoms with E-state index in [0.717, 1.165) is 46.6 Å². The van der Waals surface area contributed by atoms with Gasteiger partial charge in [-0.3, -0.25) is 4.98 Å². The number of hydrogen-bond donors (Lipinski definition) is 0. The van der Waals surface area contributed by atoms with Crippen molar-refractivity contribution in [2.24, 2.45) is 0 Å². The molecule has 2 aromatic rings. The molecule has 3 heteroatoms. The zero-order chi connectivity index (χ0) is 11.8. The van der Waals surface area contributed by atoms with Gasteiger partial charge in [-0.15, -0.1) is 0 Å². The first-order chi connectivity index (χ1) is 8.31. The predicted octanol–water partition coefficient (Wildman–Crippen LogP) is 3.52. The summed E-state index contributed by atoms with van der Waals surface area (Å²) in [5.41, 5.74) is 4.49. The third-order valence-corrected chi connectivity index (χ3v) is 3.76. The number of pyridine rings is 1. The summed E-state index contributed by atoms with van der Waals surface area (Å²) in [7, 11) is 0. The highest BCUT2D eigenvalue weighted by atomic mass is 35.5. The van der Waals surface area contributed by atoms with Gasteiger partial charge in [-0.25, -0.2) is 0 Å². The van der Waals surface area contributed by atoms with E-state index in [-0.39, 0.29) is 0 Å². The first kappa shape index (κ1) is 11.0. The van der Waals surface area contributed by atoms with Crippen LogP contribution in [0.5, 0.6) is 0 Å². The van der Waals surface area contributed by atoms with Gasteiger partial charge in [0, 0.05) is 17.4 Å². The molecule has 1 aromatic carbocycles. The van der Waals surface area contributed by atoms with Crippen LogP contribution < -0.4 is 0 Å². The van der Waals surface area contributed by atoms with Gasteiger partial charge in [-0.1, -0.05) is 36.7 Å². The quantitative estimate of drug-likeness (QED) is 0.769. The lowest BCUT2D eigenvalue weighted by atomic mass is 10.0. The Hall–Kier alpha value is -1.12. The van der Waals surface area contributed by atoms with Gasteiger partial charge in [0.15, 0.2) is 0 Å². The second kappa shape index (κ2) is 4.28. The summed E-state index contributed by atoms with van der Waals surface area (Å²) < 4.78 is 5.46. The highest BCUT2D eigenvalue weighted by Gasteiger charge is 2.18. The average Bonchev–Trinajstić information content (AvgIpc) is 2.38. The molecule has 1 aromatic heterocycles. The second-order valence-corrected chi connectivity index (χ2v) is 4.70. The van der Waals surface area contributed by atoms with Crippen molar-refractivity contribution in [2.45, 2.75) is 26.4 Å². The molecule has 0 amide bonds. The monoisotopic (exact) mass is 247 g/mol. The Balaban J connectivity index is 2.35. The fourth-order valence-corrected chi connectivity index (χ4v) is 2.69. The number of para-hydroxylation sites is 1. The van der Waals surface area contributed by atoms with E-state index in [1.807, 2.05) is 12.1 Å². The zero-order valence-corrected chi connectivity index (χ0v) is 10.5. The van der Waals surface area contributed by atoms with Crippen molar-refractivity contribution in [3.8, 4) is 0 Å². The molecule has 17 heavy (non-hydrogen) atoms. The fourth-order valence-electron chi connectivity index (χ4n) is 2.37. The van der Waals surface area contributed by atoms with Gasteiger partial charge >= 0.3 is 0 Å². The molecule has 0 N–H and O–H groups in total. The standard InChI is InChI=1S/C14H14ClNO/c1-2-9-4-3-5-10-13(15)11-8-17-7-6-12(11)16-14(9)10/h3-5H,2,6-8H2,1H3. The van der Waals surface area contributed by atoms with Gasteiger partial charge < -0.3 is 4.74 Å². The fraction of sp³-hybridized carbons (Fsp3) is 0.357. The van der Waals surface area contributed by atoms with Crippen LogP contribution >= 0.6 is 11.6 Å². The Bertz CT molecular complexity index is 580. The molecule has 3 rings (SSSR count). The van der Waals surface area contributed by atoms with Crippen LogP contribution in [0.1, 0.15) is 23.7 Å². The van der Waals surface area contributed by atoms with Crippen LogP contribution in [0.4, 0.5) is 0 Å². The van der Waals surface area contributed by atoms with Crippen LogP contribution in [0.3, 0.4) is 0 Å². The molecule has 2 nitrogen and oxygen atoms in total. The van der Waals surface area contributed by atoms with Crippen molar-refractivity contribution in [2.75, 3.05) is 6.61 Å². The minimum atomic E-state index is 0.591. The number of aromatic nitrogens is 1. The van der Waals surface area contributed by atoms with Gasteiger partial charge in [0.2, 0.25) is 0 Å². The van der Waals surface area contributed by atoms with Crippen LogP contribution in [-0.4, -0.2) is 11.6 Å². The lowest BCUT2D eigenvalue weighted by Gasteiger charge is -2.19. The van der Waals surface area contributed by atoms with E-state index in [9.17, 15) is 0 Å². The molecule has 0 atom stereocenters. The normalized spacial score (nSPS) is 14.9. The summed E-state index contributed by atoms with van der Waals surface area (Å²) in [4.78, 5) is 4.78. The van der Waals surface area contributed by atoms with Gasteiger partial charge in [-0.05, 0) is 12.0 Å². The van der Waals surface area contributed by atoms with Crippen molar-refractivity contribution < 1.29 is 4.74 Å². The summed E-state index contributed by atoms with van der Waals surface area (Å²) in [6.45, 7) is 3.48. The molecule has 1 aliphatic rings. The molecule has 0 spiro atoms. The molecule has 0 unspecified atom stereocenters. The maximum absolute atomic E-state index is 6.47. The summed E-state index contributed by atoms with van der Waals surface area (Å²) in [5.74, 6) is 0. The van der Waals surface area contributed by atoms with E-state index in [1.165, 1.54) is 5.56 Å². The molecular formula is C14H14ClNO. The third kappa shape index (κ3) is 1.72. The Morgan fingerprint density at radius 3 is 3.12 bits per heavy atom. The van der Waals surface area contributed by atoms with Gasteiger partial charge in [0.1, 0.15) is 0 Å². The number of nitrogens with zero attached hydrogens (tertiary/aromatic N) is 1. The second-order valence-electron chi connectivity index (χ2n) is 4.32. The minimum Gasteiger partial charge on any atom is -0.376 e. The van der Waals surface area contributed by atoms with Gasteiger partial charge in [0.05, 0.1) is 29.4 Å². The van der Waals surface area contributed by atoms with E-state index in [2.05, 4.69) is 13.0 Å². The number of fused-ring (bicyclic) bond motifs is 2. The summed E-state index contributed by atoms with van der Waals surface area (Å²) in [5, 5.41) is 1.87. The molecule has 88 valence electrons. The van der Waals surface area contributed by atoms with Gasteiger partial charge in [-0.2, -0.15) is 0 Å². The van der Waals surface area contributed by atoms with Crippen LogP contribution in [0, 0.1) is 0 Å². The lowest BCUT2D eigenvalue weighted by molar-refractivity contribution is 0.109. The maximum Gasteiger partial charge on any atom is 0.0752 e. The van der Waals surface area contributed by atoms with E-state index in [1.54, 1.807) is 0 Å². The van der Waals surface area contributed by atoms with Crippen molar-refractivity contribution in [1.29, 1.82) is 0 Å². The van der Waals surface area contributed by atoms with Crippen molar-refractivity contribution in [1.82, 2.24) is 4.98 Å². The smallest absolute Gasteiger partial charge is 0.0752 e. The van der Waals surface area contributed by atoms with Gasteiger partial charge in [0.25, 0.3) is 0 Å². The van der Waals surface area contributed by atoms with E-state index in [0.29, 0.717) is 6.61 Å². The van der Waals surface area contributed by atoms with E-state index < -0.39 is 0 Å². The number of ether oxygens (including phenoxy) is 1. The SMILES string of the molecule is CCc1cccc2c(Cl)c3c(nc12)CCOC3. The van der Waals surface area contributed by atoms with Crippen molar-refractivity contribution in [3.05, 3.63) is 40.0 Å². The molecule has 0 saturated heterocycles. The molecule has 0 saturated carbocycles. The maximum atomic E-state index is 6.47. The number of hydrogen-bond acceptors (Lipinski definition) is 2. The van der Waals surface area contributed by atoms with E-state index in [4.69, 9.17) is 21.3 Å². The first-order valence-electron chi connectivity index (χ1n) is 5.98. The highest BCUT2D eigenvalue weighted by molar-refractivity contribution is 6.36. The number of aryl methyl sites for hydroxylation is 1. The largest absolute Gasteiger partial charge is 0.376 e. The summed E-state index contributed by atoms with van der Waals surface area (Å²) >= 11 is 6.47. The molecule has 0 radical (unpaired) electrons. The topological polar surface area (TPSA) is 22.1 Å². The third-order valence-electron chi connectivity index (χ3n) is 3.33. The number of halogens is 1.